The van der Waals surface area contributed by atoms with E-state index in [4.69, 9.17) is 0 Å². The lowest BCUT2D eigenvalue weighted by Gasteiger charge is -2.22. The number of aromatic amines is 1. The van der Waals surface area contributed by atoms with Crippen LogP contribution >= 0.6 is 0 Å². The molecule has 1 rings (SSSR count). The van der Waals surface area contributed by atoms with E-state index < -0.39 is 11.2 Å². The highest BCUT2D eigenvalue weighted by Crippen LogP contribution is 2.11. The normalized spacial score (nSPS) is 11.2. The van der Waals surface area contributed by atoms with Gasteiger partial charge in [-0.3, -0.25) is 14.3 Å². The Bertz CT molecular complexity index is 517. The van der Waals surface area contributed by atoms with Crippen molar-refractivity contribution < 1.29 is 0 Å². The molecule has 0 radical (unpaired) electrons. The van der Waals surface area contributed by atoms with Crippen molar-refractivity contribution in [2.24, 2.45) is 0 Å². The summed E-state index contributed by atoms with van der Waals surface area (Å²) in [6, 6.07) is 0. The summed E-state index contributed by atoms with van der Waals surface area (Å²) in [7, 11) is 1.67. The Hall–Kier alpha value is -1.78. The molecule has 88 valence electrons. The number of hydrogen-bond donors (Lipinski definition) is 2. The molecule has 0 unspecified atom stereocenters. The molecule has 1 heterocycles. The topological polar surface area (TPSA) is 66.9 Å². The van der Waals surface area contributed by atoms with Crippen molar-refractivity contribution >= 4 is 5.70 Å². The van der Waals surface area contributed by atoms with Crippen LogP contribution in [0.1, 0.15) is 26.3 Å². The number of nitrogens with zero attached hydrogens (tertiary/aromatic N) is 1. The minimum atomic E-state index is -0.426. The Balaban J connectivity index is 3.51. The molecule has 0 aromatic carbocycles. The second-order valence-electron chi connectivity index (χ2n) is 4.57. The Morgan fingerprint density at radius 2 is 2.00 bits per heavy atom. The van der Waals surface area contributed by atoms with Gasteiger partial charge in [0.05, 0.1) is 5.56 Å². The third-order valence-electron chi connectivity index (χ3n) is 2.29. The lowest BCUT2D eigenvalue weighted by molar-refractivity contribution is 0.376. The van der Waals surface area contributed by atoms with E-state index in [0.717, 1.165) is 0 Å². The maximum Gasteiger partial charge on any atom is 0.328 e. The van der Waals surface area contributed by atoms with Gasteiger partial charge >= 0.3 is 5.69 Å². The maximum atomic E-state index is 11.6. The molecule has 1 aromatic rings. The number of nitrogens with one attached hydrogen (secondary N) is 2. The molecule has 16 heavy (non-hydrogen) atoms. The second kappa shape index (κ2) is 4.00. The predicted molar refractivity (Wildman–Crippen MR) is 64.4 cm³/mol. The van der Waals surface area contributed by atoms with Gasteiger partial charge in [-0.2, -0.15) is 0 Å². The molecule has 0 fully saturated rings. The average molecular weight is 223 g/mol. The third-order valence-corrected chi connectivity index (χ3v) is 2.29. The van der Waals surface area contributed by atoms with Gasteiger partial charge in [-0.05, 0) is 20.8 Å². The smallest absolute Gasteiger partial charge is 0.328 e. The SMILES string of the molecule is C=C(NC)c1cn(C(C)(C)C)c(=O)[nH]c1=O. The van der Waals surface area contributed by atoms with Crippen molar-refractivity contribution in [3.63, 3.8) is 0 Å². The Labute approximate surface area is 93.8 Å². The molecule has 0 atom stereocenters. The van der Waals surface area contributed by atoms with Crippen molar-refractivity contribution in [3.8, 4) is 0 Å². The van der Waals surface area contributed by atoms with Crippen LogP contribution in [0, 0.1) is 0 Å². The lowest BCUT2D eigenvalue weighted by atomic mass is 10.1. The van der Waals surface area contributed by atoms with Crippen LogP contribution in [0.3, 0.4) is 0 Å². The average Bonchev–Trinajstić information content (AvgIpc) is 2.14. The Morgan fingerprint density at radius 1 is 1.44 bits per heavy atom. The quantitative estimate of drug-likeness (QED) is 0.766. The van der Waals surface area contributed by atoms with E-state index in [9.17, 15) is 9.59 Å². The highest BCUT2D eigenvalue weighted by Gasteiger charge is 2.17. The molecule has 5 nitrogen and oxygen atoms in total. The van der Waals surface area contributed by atoms with E-state index in [2.05, 4.69) is 16.9 Å². The highest BCUT2D eigenvalue weighted by atomic mass is 16.2. The van der Waals surface area contributed by atoms with Gasteiger partial charge < -0.3 is 5.32 Å². The molecule has 0 bridgehead atoms. The number of aromatic nitrogens is 2. The van der Waals surface area contributed by atoms with E-state index in [1.807, 2.05) is 20.8 Å². The summed E-state index contributed by atoms with van der Waals surface area (Å²) in [5.74, 6) is 0. The minimum Gasteiger partial charge on any atom is -0.388 e. The molecule has 0 aliphatic heterocycles. The van der Waals surface area contributed by atoms with Gasteiger partial charge in [0, 0.05) is 24.5 Å². The molecular weight excluding hydrogens is 206 g/mol. The van der Waals surface area contributed by atoms with Crippen molar-refractivity contribution in [2.75, 3.05) is 7.05 Å². The summed E-state index contributed by atoms with van der Waals surface area (Å²) in [6.45, 7) is 9.37. The zero-order valence-corrected chi connectivity index (χ0v) is 10.0. The Morgan fingerprint density at radius 3 is 2.44 bits per heavy atom. The Kier molecular flexibility index (Phi) is 3.07. The van der Waals surface area contributed by atoms with Gasteiger partial charge in [-0.15, -0.1) is 0 Å². The van der Waals surface area contributed by atoms with Crippen LogP contribution in [0.2, 0.25) is 0 Å². The highest BCUT2D eigenvalue weighted by molar-refractivity contribution is 5.59. The van der Waals surface area contributed by atoms with Crippen molar-refractivity contribution in [3.05, 3.63) is 39.2 Å². The summed E-state index contributed by atoms with van der Waals surface area (Å²) in [5.41, 5.74) is -0.365. The summed E-state index contributed by atoms with van der Waals surface area (Å²) < 4.78 is 1.48. The van der Waals surface area contributed by atoms with Crippen molar-refractivity contribution in [1.29, 1.82) is 0 Å². The van der Waals surface area contributed by atoms with Gasteiger partial charge in [0.1, 0.15) is 0 Å². The molecule has 1 aromatic heterocycles. The standard InChI is InChI=1S/C11H17N3O2/c1-7(12-5)8-6-14(11(2,3)4)10(16)13-9(8)15/h6,12H,1H2,2-5H3,(H,13,15,16). The van der Waals surface area contributed by atoms with Gasteiger partial charge in [0.2, 0.25) is 0 Å². The number of H-pyrrole nitrogens is 1. The number of hydrogen-bond acceptors (Lipinski definition) is 3. The summed E-state index contributed by atoms with van der Waals surface area (Å²) in [4.78, 5) is 25.4. The first-order valence-corrected chi connectivity index (χ1v) is 5.01. The molecule has 0 aliphatic carbocycles. The fraction of sp³-hybridized carbons (Fsp3) is 0.455. The monoisotopic (exact) mass is 223 g/mol. The lowest BCUT2D eigenvalue weighted by Crippen LogP contribution is -2.40. The fourth-order valence-corrected chi connectivity index (χ4v) is 1.32. The largest absolute Gasteiger partial charge is 0.388 e. The van der Waals surface area contributed by atoms with E-state index in [-0.39, 0.29) is 5.54 Å². The van der Waals surface area contributed by atoms with E-state index in [1.54, 1.807) is 7.05 Å². The molecule has 2 N–H and O–H groups in total. The van der Waals surface area contributed by atoms with Crippen LogP contribution in [-0.2, 0) is 5.54 Å². The summed E-state index contributed by atoms with van der Waals surface area (Å²) >= 11 is 0. The third kappa shape index (κ3) is 2.24. The molecule has 0 spiro atoms. The van der Waals surface area contributed by atoms with Gasteiger partial charge in [-0.1, -0.05) is 6.58 Å². The first-order valence-electron chi connectivity index (χ1n) is 5.01. The fourth-order valence-electron chi connectivity index (χ4n) is 1.32. The summed E-state index contributed by atoms with van der Waals surface area (Å²) in [5, 5.41) is 2.79. The molecule has 0 aliphatic rings. The first kappa shape index (κ1) is 12.3. The number of rotatable bonds is 2. The van der Waals surface area contributed by atoms with Crippen LogP contribution in [-0.4, -0.2) is 16.6 Å². The van der Waals surface area contributed by atoms with E-state index in [0.29, 0.717) is 11.3 Å². The molecular formula is C11H17N3O2. The molecule has 0 saturated heterocycles. The minimum absolute atomic E-state index is 0.372. The molecule has 0 saturated carbocycles. The van der Waals surface area contributed by atoms with Gasteiger partial charge in [-0.25, -0.2) is 4.79 Å². The maximum absolute atomic E-state index is 11.6. The van der Waals surface area contributed by atoms with Gasteiger partial charge in [0.15, 0.2) is 0 Å². The van der Waals surface area contributed by atoms with Gasteiger partial charge in [0.25, 0.3) is 5.56 Å². The van der Waals surface area contributed by atoms with E-state index >= 15 is 0 Å². The van der Waals surface area contributed by atoms with Crippen LogP contribution in [0.25, 0.3) is 5.70 Å². The second-order valence-corrected chi connectivity index (χ2v) is 4.57. The zero-order valence-electron chi connectivity index (χ0n) is 10.0. The van der Waals surface area contributed by atoms with Crippen LogP contribution in [0.5, 0.6) is 0 Å². The van der Waals surface area contributed by atoms with Crippen LogP contribution in [0.15, 0.2) is 22.4 Å². The van der Waals surface area contributed by atoms with Crippen molar-refractivity contribution in [1.82, 2.24) is 14.9 Å². The summed E-state index contributed by atoms with van der Waals surface area (Å²) in [6.07, 6.45) is 1.53. The van der Waals surface area contributed by atoms with Crippen LogP contribution in [0.4, 0.5) is 0 Å². The molecule has 5 heteroatoms. The van der Waals surface area contributed by atoms with Crippen LogP contribution < -0.4 is 16.6 Å². The molecule has 0 amide bonds. The predicted octanol–water partition coefficient (Wildman–Crippen LogP) is 0.482. The first-order chi connectivity index (χ1) is 7.27. The van der Waals surface area contributed by atoms with Crippen molar-refractivity contribution in [2.45, 2.75) is 26.3 Å². The van der Waals surface area contributed by atoms with E-state index in [1.165, 1.54) is 10.8 Å². The zero-order chi connectivity index (χ0) is 12.5.